The summed E-state index contributed by atoms with van der Waals surface area (Å²) in [4.78, 5) is 12.6. The summed E-state index contributed by atoms with van der Waals surface area (Å²) in [6.45, 7) is 4.42. The molecule has 2 atom stereocenters. The normalized spacial score (nSPS) is 12.6. The van der Waals surface area contributed by atoms with Gasteiger partial charge in [-0.25, -0.2) is 0 Å². The van der Waals surface area contributed by atoms with E-state index in [1.54, 1.807) is 0 Å². The van der Waals surface area contributed by atoms with Crippen LogP contribution in [0, 0.1) is 0 Å². The standard InChI is InChI=1S/C80H159NO3/c1-3-5-7-9-11-13-15-17-19-21-23-25-27-29-31-33-35-37-38-39-40-41-42-44-46-48-50-52-54-56-58-60-62-64-66-68-70-72-74-76-80(84)81-78(77-82)79(83)75-73-71-69-67-65-63-61-59-57-55-53-51-49-47-45-43-36-34-32-30-28-26-24-22-20-18-16-14-12-10-8-6-4-2/h21,23,78-79,82-83H,3-20,22,24-77H2,1-2H3,(H,81,84)/b23-21-. The smallest absolute Gasteiger partial charge is 0.220 e. The number of carbonyl (C=O) groups is 1. The van der Waals surface area contributed by atoms with Gasteiger partial charge in [0, 0.05) is 6.42 Å². The molecule has 0 saturated heterocycles. The van der Waals surface area contributed by atoms with E-state index in [9.17, 15) is 15.0 Å². The molecule has 0 aromatic rings. The van der Waals surface area contributed by atoms with Gasteiger partial charge in [-0.1, -0.05) is 443 Å². The largest absolute Gasteiger partial charge is 0.394 e. The number of allylic oxidation sites excluding steroid dienone is 2. The van der Waals surface area contributed by atoms with Gasteiger partial charge in [0.25, 0.3) is 0 Å². The number of amides is 1. The van der Waals surface area contributed by atoms with Gasteiger partial charge < -0.3 is 15.5 Å². The number of hydrogen-bond acceptors (Lipinski definition) is 3. The van der Waals surface area contributed by atoms with Crippen molar-refractivity contribution in [1.29, 1.82) is 0 Å². The number of nitrogens with one attached hydrogen (secondary N) is 1. The second kappa shape index (κ2) is 76.4. The molecular weight excluding hydrogens is 1020 g/mol. The zero-order chi connectivity index (χ0) is 60.5. The van der Waals surface area contributed by atoms with Crippen molar-refractivity contribution < 1.29 is 15.0 Å². The summed E-state index contributed by atoms with van der Waals surface area (Å²) in [5.41, 5.74) is 0. The summed E-state index contributed by atoms with van der Waals surface area (Å²) in [6.07, 6.45) is 103. The van der Waals surface area contributed by atoms with Gasteiger partial charge in [-0.2, -0.15) is 0 Å². The van der Waals surface area contributed by atoms with Gasteiger partial charge in [-0.3, -0.25) is 4.79 Å². The molecule has 0 fully saturated rings. The van der Waals surface area contributed by atoms with Gasteiger partial charge in [0.15, 0.2) is 0 Å². The molecule has 4 nitrogen and oxygen atoms in total. The van der Waals surface area contributed by atoms with Crippen LogP contribution in [0.2, 0.25) is 0 Å². The minimum atomic E-state index is -0.658. The highest BCUT2D eigenvalue weighted by molar-refractivity contribution is 5.76. The van der Waals surface area contributed by atoms with Crippen LogP contribution in [-0.2, 0) is 4.79 Å². The summed E-state index contributed by atoms with van der Waals surface area (Å²) in [5, 5.41) is 23.5. The van der Waals surface area contributed by atoms with Gasteiger partial charge in [0.1, 0.15) is 0 Å². The summed E-state index contributed by atoms with van der Waals surface area (Å²) in [7, 11) is 0. The molecular formula is C80H159NO3. The van der Waals surface area contributed by atoms with Crippen LogP contribution in [0.25, 0.3) is 0 Å². The fourth-order valence-electron chi connectivity index (χ4n) is 13.2. The molecule has 0 saturated carbocycles. The molecule has 4 heteroatoms. The maximum Gasteiger partial charge on any atom is 0.220 e. The Hall–Kier alpha value is -0.870. The molecule has 0 aliphatic carbocycles. The van der Waals surface area contributed by atoms with Crippen LogP contribution < -0.4 is 5.32 Å². The molecule has 3 N–H and O–H groups in total. The van der Waals surface area contributed by atoms with Gasteiger partial charge in [-0.15, -0.1) is 0 Å². The number of aliphatic hydroxyl groups is 2. The second-order valence-corrected chi connectivity index (χ2v) is 27.8. The van der Waals surface area contributed by atoms with E-state index < -0.39 is 12.1 Å². The summed E-state index contributed by atoms with van der Waals surface area (Å²) >= 11 is 0. The number of hydrogen-bond donors (Lipinski definition) is 3. The Bertz CT molecular complexity index is 1200. The summed E-state index contributed by atoms with van der Waals surface area (Å²) in [5.74, 6) is -0.0188. The molecule has 0 rings (SSSR count). The lowest BCUT2D eigenvalue weighted by atomic mass is 10.0. The molecule has 0 aliphatic rings. The van der Waals surface area contributed by atoms with Crippen molar-refractivity contribution in [2.75, 3.05) is 6.61 Å². The Morgan fingerprint density at radius 3 is 0.655 bits per heavy atom. The predicted octanol–water partition coefficient (Wildman–Crippen LogP) is 27.5. The molecule has 0 spiro atoms. The lowest BCUT2D eigenvalue weighted by Gasteiger charge is -2.22. The Morgan fingerprint density at radius 1 is 0.274 bits per heavy atom. The zero-order valence-electron chi connectivity index (χ0n) is 58.2. The van der Waals surface area contributed by atoms with Crippen molar-refractivity contribution in [3.8, 4) is 0 Å². The van der Waals surface area contributed by atoms with Gasteiger partial charge >= 0.3 is 0 Å². The number of carbonyl (C=O) groups excluding carboxylic acids is 1. The Kier molecular flexibility index (Phi) is 75.6. The zero-order valence-corrected chi connectivity index (χ0v) is 58.2. The van der Waals surface area contributed by atoms with E-state index in [-0.39, 0.29) is 12.5 Å². The topological polar surface area (TPSA) is 69.6 Å². The lowest BCUT2D eigenvalue weighted by molar-refractivity contribution is -0.123. The quantitative estimate of drug-likeness (QED) is 0.0420. The fourth-order valence-corrected chi connectivity index (χ4v) is 13.2. The van der Waals surface area contributed by atoms with E-state index in [1.165, 1.54) is 424 Å². The van der Waals surface area contributed by atoms with Crippen molar-refractivity contribution in [1.82, 2.24) is 5.32 Å². The van der Waals surface area contributed by atoms with Crippen molar-refractivity contribution in [3.05, 3.63) is 12.2 Å². The first-order valence-electron chi connectivity index (χ1n) is 39.9. The molecule has 502 valence electrons. The van der Waals surface area contributed by atoms with E-state index in [2.05, 4.69) is 31.3 Å². The number of unbranched alkanes of at least 4 members (excludes halogenated alkanes) is 67. The highest BCUT2D eigenvalue weighted by atomic mass is 16.3. The Morgan fingerprint density at radius 2 is 0.452 bits per heavy atom. The van der Waals surface area contributed by atoms with Crippen molar-refractivity contribution >= 4 is 5.91 Å². The SMILES string of the molecule is CCCCCCCCCC/C=C\CCCCCCCCCCCCCCCCCCCCCCCCCCCCCC(=O)NC(CO)C(O)CCCCCCCCCCCCCCCCCCCCCCCCCCCCCCCCCCC. The van der Waals surface area contributed by atoms with Gasteiger partial charge in [0.2, 0.25) is 5.91 Å². The van der Waals surface area contributed by atoms with E-state index in [0.29, 0.717) is 12.8 Å². The first-order valence-corrected chi connectivity index (χ1v) is 39.9. The first-order chi connectivity index (χ1) is 41.7. The minimum Gasteiger partial charge on any atom is -0.394 e. The highest BCUT2D eigenvalue weighted by Gasteiger charge is 2.20. The maximum atomic E-state index is 12.6. The first kappa shape index (κ1) is 83.1. The molecule has 0 aromatic carbocycles. The van der Waals surface area contributed by atoms with E-state index >= 15 is 0 Å². The molecule has 0 bridgehead atoms. The van der Waals surface area contributed by atoms with Crippen molar-refractivity contribution in [3.63, 3.8) is 0 Å². The third-order valence-corrected chi connectivity index (χ3v) is 19.3. The van der Waals surface area contributed by atoms with Gasteiger partial charge in [-0.05, 0) is 38.5 Å². The third-order valence-electron chi connectivity index (χ3n) is 19.3. The van der Waals surface area contributed by atoms with E-state index in [0.717, 1.165) is 25.7 Å². The Labute approximate surface area is 530 Å². The maximum absolute atomic E-state index is 12.6. The van der Waals surface area contributed by atoms with Crippen LogP contribution in [0.5, 0.6) is 0 Å². The van der Waals surface area contributed by atoms with Crippen LogP contribution in [0.15, 0.2) is 12.2 Å². The lowest BCUT2D eigenvalue weighted by Crippen LogP contribution is -2.45. The molecule has 0 heterocycles. The van der Waals surface area contributed by atoms with E-state index in [4.69, 9.17) is 0 Å². The summed E-state index contributed by atoms with van der Waals surface area (Å²) in [6, 6.07) is -0.535. The molecule has 0 radical (unpaired) electrons. The van der Waals surface area contributed by atoms with Crippen LogP contribution in [-0.4, -0.2) is 34.9 Å². The van der Waals surface area contributed by atoms with Crippen LogP contribution >= 0.6 is 0 Å². The molecule has 0 aliphatic heterocycles. The van der Waals surface area contributed by atoms with Crippen LogP contribution in [0.1, 0.15) is 476 Å². The highest BCUT2D eigenvalue weighted by Crippen LogP contribution is 2.21. The molecule has 84 heavy (non-hydrogen) atoms. The molecule has 2 unspecified atom stereocenters. The fraction of sp³-hybridized carbons (Fsp3) is 0.963. The average Bonchev–Trinajstić information content (AvgIpc) is 3.51. The van der Waals surface area contributed by atoms with E-state index in [1.807, 2.05) is 0 Å². The monoisotopic (exact) mass is 1180 g/mol. The predicted molar refractivity (Wildman–Crippen MR) is 378 cm³/mol. The molecule has 1 amide bonds. The number of rotatable bonds is 76. The van der Waals surface area contributed by atoms with Gasteiger partial charge in [0.05, 0.1) is 18.8 Å². The Balaban J connectivity index is 3.34. The van der Waals surface area contributed by atoms with Crippen molar-refractivity contribution in [2.24, 2.45) is 0 Å². The number of aliphatic hydroxyl groups excluding tert-OH is 2. The van der Waals surface area contributed by atoms with Crippen LogP contribution in [0.3, 0.4) is 0 Å². The third kappa shape index (κ3) is 71.9. The molecule has 0 aromatic heterocycles. The average molecular weight is 1180 g/mol. The van der Waals surface area contributed by atoms with Crippen molar-refractivity contribution in [2.45, 2.75) is 488 Å². The summed E-state index contributed by atoms with van der Waals surface area (Å²) < 4.78 is 0. The second-order valence-electron chi connectivity index (χ2n) is 27.8. The van der Waals surface area contributed by atoms with Crippen LogP contribution in [0.4, 0.5) is 0 Å². The minimum absolute atomic E-state index is 0.0188.